The molecule has 0 spiro atoms. The summed E-state index contributed by atoms with van der Waals surface area (Å²) in [6.07, 6.45) is 0. The van der Waals surface area contributed by atoms with Gasteiger partial charge in [-0.15, -0.1) is 0 Å². The van der Waals surface area contributed by atoms with Gasteiger partial charge in [0.25, 0.3) is 5.69 Å². The number of alkyl halides is 3. The molecular weight excluding hydrogens is 343 g/mol. The highest BCUT2D eigenvalue weighted by Gasteiger charge is 2.49. The monoisotopic (exact) mass is 351 g/mol. The Morgan fingerprint density at radius 1 is 1.17 bits per heavy atom. The predicted octanol–water partition coefficient (Wildman–Crippen LogP) is 2.99. The molecule has 0 saturated heterocycles. The highest BCUT2D eigenvalue weighted by Crippen LogP contribution is 2.38. The van der Waals surface area contributed by atoms with Crippen LogP contribution in [0.4, 0.5) is 18.9 Å². The number of nitro benzene ring substituents is 1. The summed E-state index contributed by atoms with van der Waals surface area (Å²) >= 11 is 0. The molecule has 0 aromatic heterocycles. The van der Waals surface area contributed by atoms with Crippen molar-refractivity contribution in [1.82, 2.24) is 0 Å². The molecule has 0 atom stereocenters. The molecule has 0 saturated carbocycles. The first kappa shape index (κ1) is 16.8. The summed E-state index contributed by atoms with van der Waals surface area (Å²) < 4.78 is 68.2. The maximum Gasteiger partial charge on any atom is 0.534 e. The van der Waals surface area contributed by atoms with E-state index in [0.717, 1.165) is 19.2 Å². The number of ether oxygens (including phenoxy) is 1. The maximum absolute atomic E-state index is 12.4. The van der Waals surface area contributed by atoms with Crippen LogP contribution in [0.25, 0.3) is 10.8 Å². The van der Waals surface area contributed by atoms with Crippen LogP contribution >= 0.6 is 0 Å². The molecule has 124 valence electrons. The summed E-state index contributed by atoms with van der Waals surface area (Å²) in [4.78, 5) is 10.3. The van der Waals surface area contributed by atoms with Crippen molar-refractivity contribution in [3.63, 3.8) is 0 Å². The molecule has 0 radical (unpaired) electrons. The lowest BCUT2D eigenvalue weighted by molar-refractivity contribution is -0.383. The predicted molar refractivity (Wildman–Crippen MR) is 72.8 cm³/mol. The second-order valence-corrected chi connectivity index (χ2v) is 5.78. The first-order valence-corrected chi connectivity index (χ1v) is 7.23. The second-order valence-electron chi connectivity index (χ2n) is 4.24. The summed E-state index contributed by atoms with van der Waals surface area (Å²) in [6, 6.07) is 5.80. The van der Waals surface area contributed by atoms with Gasteiger partial charge in [0.1, 0.15) is 0 Å². The molecule has 23 heavy (non-hydrogen) atoms. The van der Waals surface area contributed by atoms with Gasteiger partial charge < -0.3 is 8.92 Å². The molecule has 0 aliphatic carbocycles. The number of halogens is 3. The lowest BCUT2D eigenvalue weighted by atomic mass is 10.1. The largest absolute Gasteiger partial charge is 0.534 e. The average molecular weight is 351 g/mol. The quantitative estimate of drug-likeness (QED) is 0.364. The van der Waals surface area contributed by atoms with E-state index in [1.54, 1.807) is 0 Å². The lowest BCUT2D eigenvalue weighted by Gasteiger charge is -2.13. The first-order chi connectivity index (χ1) is 10.6. The van der Waals surface area contributed by atoms with Crippen LogP contribution in [-0.4, -0.2) is 26.0 Å². The van der Waals surface area contributed by atoms with Crippen molar-refractivity contribution in [3.8, 4) is 11.5 Å². The molecule has 0 unspecified atom stereocenters. The number of nitro groups is 1. The Morgan fingerprint density at radius 3 is 2.35 bits per heavy atom. The van der Waals surface area contributed by atoms with E-state index in [1.807, 2.05) is 0 Å². The fourth-order valence-corrected chi connectivity index (χ4v) is 2.28. The highest BCUT2D eigenvalue weighted by molar-refractivity contribution is 7.88. The molecule has 0 aliphatic rings. The van der Waals surface area contributed by atoms with Crippen molar-refractivity contribution in [1.29, 1.82) is 0 Å². The van der Waals surface area contributed by atoms with Crippen molar-refractivity contribution >= 4 is 26.6 Å². The van der Waals surface area contributed by atoms with Gasteiger partial charge in [0.15, 0.2) is 11.5 Å². The van der Waals surface area contributed by atoms with Crippen molar-refractivity contribution in [3.05, 3.63) is 40.4 Å². The molecular formula is C12H8F3NO6S. The zero-order chi connectivity index (χ0) is 17.4. The molecule has 0 heterocycles. The molecule has 11 heteroatoms. The number of hydrogen-bond acceptors (Lipinski definition) is 6. The van der Waals surface area contributed by atoms with E-state index in [1.165, 1.54) is 18.2 Å². The molecule has 7 nitrogen and oxygen atoms in total. The van der Waals surface area contributed by atoms with Gasteiger partial charge in [0.2, 0.25) is 0 Å². The van der Waals surface area contributed by atoms with Crippen LogP contribution in [0.2, 0.25) is 0 Å². The van der Waals surface area contributed by atoms with Gasteiger partial charge in [-0.1, -0.05) is 12.1 Å². The van der Waals surface area contributed by atoms with Crippen molar-refractivity contribution in [2.24, 2.45) is 0 Å². The van der Waals surface area contributed by atoms with Crippen LogP contribution in [0.5, 0.6) is 11.5 Å². The van der Waals surface area contributed by atoms with Gasteiger partial charge in [-0.3, -0.25) is 10.1 Å². The highest BCUT2D eigenvalue weighted by atomic mass is 32.2. The summed E-state index contributed by atoms with van der Waals surface area (Å²) in [7, 11) is -4.83. The van der Waals surface area contributed by atoms with Gasteiger partial charge in [-0.25, -0.2) is 0 Å². The van der Waals surface area contributed by atoms with Gasteiger partial charge in [-0.2, -0.15) is 21.6 Å². The molecule has 2 aromatic carbocycles. The molecule has 0 fully saturated rings. The van der Waals surface area contributed by atoms with E-state index in [-0.39, 0.29) is 22.2 Å². The fourth-order valence-electron chi connectivity index (χ4n) is 1.82. The number of fused-ring (bicyclic) bond motifs is 1. The minimum Gasteiger partial charge on any atom is -0.493 e. The summed E-state index contributed by atoms with van der Waals surface area (Å²) in [5.74, 6) is -1.11. The number of hydrogen-bond donors (Lipinski definition) is 0. The average Bonchev–Trinajstić information content (AvgIpc) is 2.44. The second kappa shape index (κ2) is 5.57. The summed E-state index contributed by atoms with van der Waals surface area (Å²) in [5, 5.41) is 11.1. The van der Waals surface area contributed by atoms with Crippen molar-refractivity contribution in [2.75, 3.05) is 7.11 Å². The Kier molecular flexibility index (Phi) is 4.07. The van der Waals surface area contributed by atoms with E-state index >= 15 is 0 Å². The van der Waals surface area contributed by atoms with Gasteiger partial charge in [0, 0.05) is 6.07 Å². The maximum atomic E-state index is 12.4. The van der Waals surface area contributed by atoms with E-state index in [4.69, 9.17) is 4.74 Å². The lowest BCUT2D eigenvalue weighted by Crippen LogP contribution is -2.28. The molecule has 0 bridgehead atoms. The van der Waals surface area contributed by atoms with Crippen LogP contribution in [0.15, 0.2) is 30.3 Å². The third-order valence-electron chi connectivity index (χ3n) is 2.82. The molecule has 0 aliphatic heterocycles. The Morgan fingerprint density at radius 2 is 1.83 bits per heavy atom. The van der Waals surface area contributed by atoms with Crippen molar-refractivity contribution in [2.45, 2.75) is 5.51 Å². The number of rotatable bonds is 4. The smallest absolute Gasteiger partial charge is 0.493 e. The SMILES string of the molecule is COc1cc2c([N+](=O)[O-])cccc2cc1OS(=O)(=O)C(F)(F)F. The standard InChI is InChI=1S/C12H8F3NO6S/c1-21-10-6-8-7(3-2-4-9(8)16(17)18)5-11(10)22-23(19,20)12(13,14)15/h2-6H,1H3. The van der Waals surface area contributed by atoms with Crippen molar-refractivity contribution < 1.29 is 35.4 Å². The van der Waals surface area contributed by atoms with Crippen LogP contribution < -0.4 is 8.92 Å². The molecule has 2 rings (SSSR count). The molecule has 0 amide bonds. The van der Waals surface area contributed by atoms with Crippen LogP contribution in [0.3, 0.4) is 0 Å². The van der Waals surface area contributed by atoms with E-state index < -0.39 is 26.3 Å². The Balaban J connectivity index is 2.65. The molecule has 0 N–H and O–H groups in total. The first-order valence-electron chi connectivity index (χ1n) is 5.83. The number of benzene rings is 2. The van der Waals surface area contributed by atoms with Gasteiger partial charge in [0.05, 0.1) is 17.4 Å². The Bertz CT molecular complexity index is 878. The van der Waals surface area contributed by atoms with E-state index in [0.29, 0.717) is 0 Å². The number of non-ortho nitro benzene ring substituents is 1. The fraction of sp³-hybridized carbons (Fsp3) is 0.167. The minimum atomic E-state index is -5.89. The zero-order valence-electron chi connectivity index (χ0n) is 11.3. The van der Waals surface area contributed by atoms with Crippen LogP contribution in [0.1, 0.15) is 0 Å². The van der Waals surface area contributed by atoms with E-state index in [2.05, 4.69) is 4.18 Å². The summed E-state index contributed by atoms with van der Waals surface area (Å²) in [5.41, 5.74) is -5.93. The van der Waals surface area contributed by atoms with E-state index in [9.17, 15) is 31.7 Å². The normalized spacial score (nSPS) is 12.2. The van der Waals surface area contributed by atoms with Crippen LogP contribution in [-0.2, 0) is 10.1 Å². The van der Waals surface area contributed by atoms with Gasteiger partial charge >= 0.3 is 15.6 Å². The van der Waals surface area contributed by atoms with Crippen LogP contribution in [0, 0.1) is 10.1 Å². The minimum absolute atomic E-state index is 0.0612. The zero-order valence-corrected chi connectivity index (χ0v) is 12.1. The Hall–Kier alpha value is -2.56. The Labute approximate surface area is 127 Å². The third kappa shape index (κ3) is 3.13. The summed E-state index contributed by atoms with van der Waals surface area (Å²) in [6.45, 7) is 0. The van der Waals surface area contributed by atoms with Gasteiger partial charge in [-0.05, 0) is 17.5 Å². The number of methoxy groups -OCH3 is 1. The topological polar surface area (TPSA) is 95.7 Å². The third-order valence-corrected chi connectivity index (χ3v) is 3.79. The molecule has 2 aromatic rings. The number of nitrogens with zero attached hydrogens (tertiary/aromatic N) is 1.